The Morgan fingerprint density at radius 2 is 0.843 bits per heavy atom. The summed E-state index contributed by atoms with van der Waals surface area (Å²) in [6.45, 7) is 10.9. The van der Waals surface area contributed by atoms with E-state index in [4.69, 9.17) is 0 Å². The van der Waals surface area contributed by atoms with Crippen molar-refractivity contribution in [3.63, 3.8) is 0 Å². The van der Waals surface area contributed by atoms with E-state index in [-0.39, 0.29) is 0 Å². The van der Waals surface area contributed by atoms with Gasteiger partial charge >= 0.3 is 0 Å². The van der Waals surface area contributed by atoms with Crippen molar-refractivity contribution in [2.24, 2.45) is 0 Å². The average Bonchev–Trinajstić information content (AvgIpc) is 3.45. The van der Waals surface area contributed by atoms with Gasteiger partial charge in [-0.25, -0.2) is 0 Å². The third-order valence-electron chi connectivity index (χ3n) is 9.83. The Balaban J connectivity index is 1.40. The van der Waals surface area contributed by atoms with Crippen LogP contribution in [-0.2, 0) is 0 Å². The molecule has 0 spiro atoms. The summed E-state index contributed by atoms with van der Waals surface area (Å²) in [5.74, 6) is 0. The molecule has 0 saturated carbocycles. The highest BCUT2D eigenvalue weighted by molar-refractivity contribution is 9.10. The Labute approximate surface area is 309 Å². The number of hydrogen-bond donors (Lipinski definition) is 0. The summed E-state index contributed by atoms with van der Waals surface area (Å²) in [6.07, 6.45) is 0. The van der Waals surface area contributed by atoms with Gasteiger partial charge in [-0.3, -0.25) is 0 Å². The maximum absolute atomic E-state index is 3.65. The third-order valence-corrected chi connectivity index (χ3v) is 10.4. The van der Waals surface area contributed by atoms with E-state index >= 15 is 0 Å². The van der Waals surface area contributed by atoms with E-state index in [1.54, 1.807) is 0 Å². The minimum absolute atomic E-state index is 1.06. The molecule has 0 amide bonds. The highest BCUT2D eigenvalue weighted by Crippen LogP contribution is 2.44. The fraction of sp³-hybridized carbons (Fsp3) is 0.106. The summed E-state index contributed by atoms with van der Waals surface area (Å²) in [6, 6.07) is 55.4. The SMILES string of the molecule is Cc1ccc(N(c2ccc3c(c2)c2cc(N(c4ccc(Br)cc4)c4ccc(C)cc4C)ccc2n3-c2ccccc2)c2ccc(C)cc2C)cc1. The van der Waals surface area contributed by atoms with Crippen molar-refractivity contribution in [2.75, 3.05) is 9.80 Å². The van der Waals surface area contributed by atoms with E-state index in [0.29, 0.717) is 0 Å². The summed E-state index contributed by atoms with van der Waals surface area (Å²) in [5.41, 5.74) is 16.5. The lowest BCUT2D eigenvalue weighted by molar-refractivity contribution is 1.18. The van der Waals surface area contributed by atoms with Crippen LogP contribution in [-0.4, -0.2) is 4.57 Å². The topological polar surface area (TPSA) is 11.4 Å². The first-order valence-electron chi connectivity index (χ1n) is 17.5. The van der Waals surface area contributed by atoms with Crippen LogP contribution in [0.5, 0.6) is 0 Å². The maximum Gasteiger partial charge on any atom is 0.0542 e. The molecule has 3 nitrogen and oxygen atoms in total. The van der Waals surface area contributed by atoms with Gasteiger partial charge in [-0.2, -0.15) is 0 Å². The second kappa shape index (κ2) is 13.3. The molecular formula is C47H40BrN3. The van der Waals surface area contributed by atoms with E-state index in [9.17, 15) is 0 Å². The molecule has 0 unspecified atom stereocenters. The van der Waals surface area contributed by atoms with Crippen LogP contribution in [0.4, 0.5) is 34.1 Å². The molecule has 0 radical (unpaired) electrons. The van der Waals surface area contributed by atoms with Gasteiger partial charge in [0, 0.05) is 55.1 Å². The number of para-hydroxylation sites is 1. The minimum atomic E-state index is 1.06. The summed E-state index contributed by atoms with van der Waals surface area (Å²) in [5, 5.41) is 2.40. The lowest BCUT2D eigenvalue weighted by Crippen LogP contribution is -2.11. The quantitative estimate of drug-likeness (QED) is 0.162. The van der Waals surface area contributed by atoms with Gasteiger partial charge in [-0.05, 0) is 143 Å². The van der Waals surface area contributed by atoms with Gasteiger partial charge in [-0.1, -0.05) is 87.2 Å². The van der Waals surface area contributed by atoms with Gasteiger partial charge in [0.2, 0.25) is 0 Å². The minimum Gasteiger partial charge on any atom is -0.310 e. The van der Waals surface area contributed by atoms with Crippen molar-refractivity contribution in [1.82, 2.24) is 4.57 Å². The first-order valence-corrected chi connectivity index (χ1v) is 18.2. The Hall–Kier alpha value is -5.58. The highest BCUT2D eigenvalue weighted by atomic mass is 79.9. The number of nitrogens with zero attached hydrogens (tertiary/aromatic N) is 3. The highest BCUT2D eigenvalue weighted by Gasteiger charge is 2.21. The molecule has 0 aliphatic heterocycles. The lowest BCUT2D eigenvalue weighted by Gasteiger charge is -2.28. The van der Waals surface area contributed by atoms with E-state index in [0.717, 1.165) is 38.6 Å². The number of aromatic nitrogens is 1. The van der Waals surface area contributed by atoms with Crippen molar-refractivity contribution in [2.45, 2.75) is 34.6 Å². The van der Waals surface area contributed by atoms with E-state index in [1.807, 2.05) is 0 Å². The fourth-order valence-corrected chi connectivity index (χ4v) is 7.65. The number of halogens is 1. The van der Waals surface area contributed by atoms with Crippen LogP contribution < -0.4 is 9.80 Å². The van der Waals surface area contributed by atoms with Crippen LogP contribution in [0.25, 0.3) is 27.5 Å². The molecule has 8 aromatic rings. The van der Waals surface area contributed by atoms with Gasteiger partial charge in [0.15, 0.2) is 0 Å². The average molecular weight is 727 g/mol. The van der Waals surface area contributed by atoms with Crippen LogP contribution >= 0.6 is 15.9 Å². The largest absolute Gasteiger partial charge is 0.310 e. The Bertz CT molecular complexity index is 2370. The number of benzene rings is 7. The summed E-state index contributed by atoms with van der Waals surface area (Å²) >= 11 is 3.65. The molecular weight excluding hydrogens is 686 g/mol. The molecule has 1 heterocycles. The molecule has 7 aromatic carbocycles. The first kappa shape index (κ1) is 32.6. The summed E-state index contributed by atoms with van der Waals surface area (Å²) in [4.78, 5) is 4.78. The molecule has 0 atom stereocenters. The molecule has 0 aliphatic rings. The molecule has 8 rings (SSSR count). The Kier molecular flexibility index (Phi) is 8.49. The summed E-state index contributed by atoms with van der Waals surface area (Å²) < 4.78 is 3.45. The van der Waals surface area contributed by atoms with E-state index in [2.05, 4.69) is 217 Å². The second-order valence-corrected chi connectivity index (χ2v) is 14.6. The van der Waals surface area contributed by atoms with Crippen LogP contribution in [0.2, 0.25) is 0 Å². The number of fused-ring (bicyclic) bond motifs is 3. The molecule has 1 aromatic heterocycles. The molecule has 4 heteroatoms. The molecule has 0 fully saturated rings. The van der Waals surface area contributed by atoms with Gasteiger partial charge in [0.05, 0.1) is 11.0 Å². The van der Waals surface area contributed by atoms with Crippen molar-refractivity contribution in [3.05, 3.63) is 184 Å². The summed E-state index contributed by atoms with van der Waals surface area (Å²) in [7, 11) is 0. The zero-order valence-corrected chi connectivity index (χ0v) is 31.2. The zero-order chi connectivity index (χ0) is 35.2. The van der Waals surface area contributed by atoms with Crippen LogP contribution in [0.15, 0.2) is 156 Å². The van der Waals surface area contributed by atoms with Gasteiger partial charge in [0.25, 0.3) is 0 Å². The fourth-order valence-electron chi connectivity index (χ4n) is 7.38. The molecule has 0 bridgehead atoms. The van der Waals surface area contributed by atoms with Gasteiger partial charge in [-0.15, -0.1) is 0 Å². The molecule has 250 valence electrons. The molecule has 0 aliphatic carbocycles. The Morgan fingerprint density at radius 1 is 0.412 bits per heavy atom. The van der Waals surface area contributed by atoms with Crippen LogP contribution in [0.3, 0.4) is 0 Å². The van der Waals surface area contributed by atoms with Crippen molar-refractivity contribution in [1.29, 1.82) is 0 Å². The van der Waals surface area contributed by atoms with E-state index in [1.165, 1.54) is 55.3 Å². The van der Waals surface area contributed by atoms with Gasteiger partial charge < -0.3 is 14.4 Å². The first-order chi connectivity index (χ1) is 24.7. The number of anilines is 6. The predicted octanol–water partition coefficient (Wildman–Crippen LogP) is 14.0. The molecule has 0 N–H and O–H groups in total. The number of aryl methyl sites for hydroxylation is 5. The van der Waals surface area contributed by atoms with Crippen LogP contribution in [0, 0.1) is 34.6 Å². The van der Waals surface area contributed by atoms with E-state index < -0.39 is 0 Å². The van der Waals surface area contributed by atoms with Gasteiger partial charge in [0.1, 0.15) is 0 Å². The monoisotopic (exact) mass is 725 g/mol. The third kappa shape index (κ3) is 6.11. The van der Waals surface area contributed by atoms with Crippen molar-refractivity contribution in [3.8, 4) is 5.69 Å². The smallest absolute Gasteiger partial charge is 0.0542 e. The number of hydrogen-bond acceptors (Lipinski definition) is 2. The maximum atomic E-state index is 3.65. The zero-order valence-electron chi connectivity index (χ0n) is 29.7. The predicted molar refractivity (Wildman–Crippen MR) is 222 cm³/mol. The van der Waals surface area contributed by atoms with Crippen LogP contribution in [0.1, 0.15) is 27.8 Å². The van der Waals surface area contributed by atoms with Crippen molar-refractivity contribution >= 4 is 71.9 Å². The lowest BCUT2D eigenvalue weighted by atomic mass is 10.1. The molecule has 0 saturated heterocycles. The standard InChI is InChI=1S/C47H40BrN3/c1-31-11-17-38(18-12-31)49(44-23-13-32(2)27-34(44)4)40-21-25-46-42(29-40)43-30-41(22-26-47(43)51(46)37-9-7-6-8-10-37)50(39-19-15-36(48)16-20-39)45-24-14-33(3)28-35(45)5/h6-30H,1-5H3. The second-order valence-electron chi connectivity index (χ2n) is 13.6. The Morgan fingerprint density at radius 3 is 1.31 bits per heavy atom. The molecule has 51 heavy (non-hydrogen) atoms. The van der Waals surface area contributed by atoms with Crippen molar-refractivity contribution < 1.29 is 0 Å². The normalized spacial score (nSPS) is 11.3. The number of rotatable bonds is 7.